The van der Waals surface area contributed by atoms with Crippen LogP contribution in [0.15, 0.2) is 28.2 Å². The third kappa shape index (κ3) is 2.61. The normalized spacial score (nSPS) is 11.2. The Kier molecular flexibility index (Phi) is 3.38. The lowest BCUT2D eigenvalue weighted by molar-refractivity contribution is 0.750. The summed E-state index contributed by atoms with van der Waals surface area (Å²) in [6.45, 7) is 4.32. The fraction of sp³-hybridized carbons (Fsp3) is 0.333. The van der Waals surface area contributed by atoms with Crippen molar-refractivity contribution < 1.29 is 0 Å². The molecule has 0 unspecified atom stereocenters. The van der Waals surface area contributed by atoms with Gasteiger partial charge in [-0.15, -0.1) is 11.8 Å². The molecular formula is C12H15N3OS. The molecule has 5 heteroatoms. The number of nitrogens with zero attached hydrogens (tertiary/aromatic N) is 1. The summed E-state index contributed by atoms with van der Waals surface area (Å²) in [5.74, 6) is 1.60. The van der Waals surface area contributed by atoms with Gasteiger partial charge in [-0.05, 0) is 18.1 Å². The number of H-pyrrole nitrogens is 1. The van der Waals surface area contributed by atoms with Gasteiger partial charge in [0.1, 0.15) is 0 Å². The molecule has 1 heterocycles. The molecule has 2 rings (SSSR count). The number of nitrogens with two attached hydrogens (primary N) is 1. The molecule has 3 N–H and O–H groups in total. The molecule has 0 fully saturated rings. The van der Waals surface area contributed by atoms with Gasteiger partial charge in [-0.3, -0.25) is 4.79 Å². The van der Waals surface area contributed by atoms with E-state index in [1.165, 1.54) is 6.33 Å². The van der Waals surface area contributed by atoms with E-state index in [9.17, 15) is 4.79 Å². The van der Waals surface area contributed by atoms with Crippen LogP contribution in [0, 0.1) is 5.92 Å². The summed E-state index contributed by atoms with van der Waals surface area (Å²) in [5.41, 5.74) is 7.12. The average molecular weight is 249 g/mol. The summed E-state index contributed by atoms with van der Waals surface area (Å²) >= 11 is 1.70. The number of aromatic amines is 1. The molecule has 0 bridgehead atoms. The Morgan fingerprint density at radius 2 is 2.24 bits per heavy atom. The van der Waals surface area contributed by atoms with Crippen LogP contribution >= 0.6 is 11.8 Å². The molecule has 2 aromatic rings. The van der Waals surface area contributed by atoms with Gasteiger partial charge in [0.05, 0.1) is 17.2 Å². The second-order valence-electron chi connectivity index (χ2n) is 4.34. The van der Waals surface area contributed by atoms with Crippen molar-refractivity contribution in [2.75, 3.05) is 11.5 Å². The second kappa shape index (κ2) is 4.79. The lowest BCUT2D eigenvalue weighted by atomic mass is 10.2. The molecule has 0 aliphatic rings. The quantitative estimate of drug-likeness (QED) is 0.646. The lowest BCUT2D eigenvalue weighted by Crippen LogP contribution is -2.07. The maximum Gasteiger partial charge on any atom is 0.258 e. The zero-order valence-electron chi connectivity index (χ0n) is 9.86. The third-order valence-corrected chi connectivity index (χ3v) is 3.84. The molecule has 0 amide bonds. The van der Waals surface area contributed by atoms with E-state index in [-0.39, 0.29) is 5.56 Å². The van der Waals surface area contributed by atoms with Crippen LogP contribution in [0.5, 0.6) is 0 Å². The molecule has 0 aliphatic carbocycles. The molecule has 17 heavy (non-hydrogen) atoms. The standard InChI is InChI=1S/C12H15N3OS/c1-7(2)5-17-11-4-10-8(3-9(11)13)12(16)15-6-14-10/h3-4,6-7H,5,13H2,1-2H3,(H,14,15,16). The molecule has 0 saturated heterocycles. The van der Waals surface area contributed by atoms with Crippen LogP contribution in [-0.4, -0.2) is 15.7 Å². The monoisotopic (exact) mass is 249 g/mol. The van der Waals surface area contributed by atoms with Crippen LogP contribution in [-0.2, 0) is 0 Å². The molecule has 0 radical (unpaired) electrons. The lowest BCUT2D eigenvalue weighted by Gasteiger charge is -2.08. The van der Waals surface area contributed by atoms with Crippen molar-refractivity contribution in [2.45, 2.75) is 18.7 Å². The van der Waals surface area contributed by atoms with Gasteiger partial charge in [0.25, 0.3) is 5.56 Å². The van der Waals surface area contributed by atoms with E-state index in [2.05, 4.69) is 23.8 Å². The first-order valence-electron chi connectivity index (χ1n) is 5.47. The van der Waals surface area contributed by atoms with Crippen molar-refractivity contribution in [3.63, 3.8) is 0 Å². The summed E-state index contributed by atoms with van der Waals surface area (Å²) < 4.78 is 0. The predicted molar refractivity (Wildman–Crippen MR) is 72.3 cm³/mol. The van der Waals surface area contributed by atoms with Crippen LogP contribution < -0.4 is 11.3 Å². The smallest absolute Gasteiger partial charge is 0.258 e. The van der Waals surface area contributed by atoms with E-state index in [1.807, 2.05) is 6.07 Å². The van der Waals surface area contributed by atoms with Gasteiger partial charge in [0, 0.05) is 16.3 Å². The average Bonchev–Trinajstić information content (AvgIpc) is 2.28. The summed E-state index contributed by atoms with van der Waals surface area (Å²) in [5, 5.41) is 0.541. The van der Waals surface area contributed by atoms with Crippen molar-refractivity contribution in [2.24, 2.45) is 5.92 Å². The van der Waals surface area contributed by atoms with Crippen molar-refractivity contribution in [3.05, 3.63) is 28.8 Å². The van der Waals surface area contributed by atoms with E-state index in [4.69, 9.17) is 5.73 Å². The van der Waals surface area contributed by atoms with E-state index >= 15 is 0 Å². The van der Waals surface area contributed by atoms with Crippen LogP contribution in [0.1, 0.15) is 13.8 Å². The topological polar surface area (TPSA) is 71.8 Å². The molecule has 0 atom stereocenters. The highest BCUT2D eigenvalue weighted by Crippen LogP contribution is 2.29. The Bertz CT molecular complexity index is 592. The van der Waals surface area contributed by atoms with Crippen LogP contribution in [0.2, 0.25) is 0 Å². The molecule has 0 spiro atoms. The van der Waals surface area contributed by atoms with Crippen LogP contribution in [0.3, 0.4) is 0 Å². The van der Waals surface area contributed by atoms with Crippen molar-refractivity contribution in [1.82, 2.24) is 9.97 Å². The molecule has 0 aliphatic heterocycles. The molecular weight excluding hydrogens is 234 g/mol. The summed E-state index contributed by atoms with van der Waals surface area (Å²) in [6, 6.07) is 3.58. The summed E-state index contributed by atoms with van der Waals surface area (Å²) in [7, 11) is 0. The SMILES string of the molecule is CC(C)CSc1cc2nc[nH]c(=O)c2cc1N. The third-order valence-electron chi connectivity index (χ3n) is 2.34. The Labute approximate surface area is 104 Å². The Balaban J connectivity index is 2.45. The molecule has 4 nitrogen and oxygen atoms in total. The van der Waals surface area contributed by atoms with Crippen LogP contribution in [0.25, 0.3) is 10.9 Å². The number of anilines is 1. The number of aromatic nitrogens is 2. The van der Waals surface area contributed by atoms with E-state index in [0.29, 0.717) is 22.5 Å². The number of nitrogens with one attached hydrogen (secondary N) is 1. The minimum atomic E-state index is -0.151. The molecule has 90 valence electrons. The fourth-order valence-corrected chi connectivity index (χ4v) is 2.43. The van der Waals surface area contributed by atoms with Crippen molar-refractivity contribution in [1.29, 1.82) is 0 Å². The first-order valence-corrected chi connectivity index (χ1v) is 6.46. The first-order chi connectivity index (χ1) is 8.08. The number of nitrogen functional groups attached to an aromatic ring is 1. The highest BCUT2D eigenvalue weighted by atomic mass is 32.2. The van der Waals surface area contributed by atoms with Gasteiger partial charge in [-0.25, -0.2) is 4.98 Å². The molecule has 1 aromatic heterocycles. The Morgan fingerprint density at radius 3 is 2.94 bits per heavy atom. The van der Waals surface area contributed by atoms with E-state index in [0.717, 1.165) is 10.6 Å². The summed E-state index contributed by atoms with van der Waals surface area (Å²) in [6.07, 6.45) is 1.41. The minimum Gasteiger partial charge on any atom is -0.398 e. The van der Waals surface area contributed by atoms with Gasteiger partial charge >= 0.3 is 0 Å². The first kappa shape index (κ1) is 12.0. The zero-order valence-corrected chi connectivity index (χ0v) is 10.7. The Morgan fingerprint density at radius 1 is 1.47 bits per heavy atom. The van der Waals surface area contributed by atoms with E-state index < -0.39 is 0 Å². The van der Waals surface area contributed by atoms with Crippen LogP contribution in [0.4, 0.5) is 5.69 Å². The largest absolute Gasteiger partial charge is 0.398 e. The van der Waals surface area contributed by atoms with Crippen molar-refractivity contribution in [3.8, 4) is 0 Å². The number of fused-ring (bicyclic) bond motifs is 1. The number of thioether (sulfide) groups is 1. The molecule has 0 saturated carbocycles. The highest BCUT2D eigenvalue weighted by Gasteiger charge is 2.07. The molecule has 1 aromatic carbocycles. The van der Waals surface area contributed by atoms with Gasteiger partial charge in [-0.2, -0.15) is 0 Å². The van der Waals surface area contributed by atoms with Crippen molar-refractivity contribution >= 4 is 28.4 Å². The fourth-order valence-electron chi connectivity index (χ4n) is 1.49. The van der Waals surface area contributed by atoms with E-state index in [1.54, 1.807) is 17.8 Å². The van der Waals surface area contributed by atoms with Gasteiger partial charge < -0.3 is 10.7 Å². The van der Waals surface area contributed by atoms with Gasteiger partial charge in [0.2, 0.25) is 0 Å². The van der Waals surface area contributed by atoms with Gasteiger partial charge in [0.15, 0.2) is 0 Å². The minimum absolute atomic E-state index is 0.151. The van der Waals surface area contributed by atoms with Gasteiger partial charge in [-0.1, -0.05) is 13.8 Å². The number of hydrogen-bond donors (Lipinski definition) is 2. The maximum atomic E-state index is 11.6. The maximum absolute atomic E-state index is 11.6. The zero-order chi connectivity index (χ0) is 12.4. The number of rotatable bonds is 3. The predicted octanol–water partition coefficient (Wildman–Crippen LogP) is 2.25. The Hall–Kier alpha value is -1.49. The highest BCUT2D eigenvalue weighted by molar-refractivity contribution is 7.99. The summed E-state index contributed by atoms with van der Waals surface area (Å²) in [4.78, 5) is 19.2. The second-order valence-corrected chi connectivity index (χ2v) is 5.41. The number of hydrogen-bond acceptors (Lipinski definition) is 4. The number of benzene rings is 1.